The van der Waals surface area contributed by atoms with Crippen molar-refractivity contribution < 1.29 is 9.53 Å². The van der Waals surface area contributed by atoms with E-state index in [9.17, 15) is 4.79 Å². The molecule has 6 heteroatoms. The van der Waals surface area contributed by atoms with Crippen molar-refractivity contribution in [2.75, 3.05) is 19.6 Å². The molecule has 0 aliphatic rings. The highest BCUT2D eigenvalue weighted by atomic mass is 35.5. The zero-order valence-electron chi connectivity index (χ0n) is 13.0. The normalized spacial score (nSPS) is 10.3. The van der Waals surface area contributed by atoms with E-state index in [4.69, 9.17) is 16.3 Å². The summed E-state index contributed by atoms with van der Waals surface area (Å²) in [7, 11) is 0. The number of nitrogens with zero attached hydrogens (tertiary/aromatic N) is 1. The lowest BCUT2D eigenvalue weighted by atomic mass is 10.2. The van der Waals surface area contributed by atoms with E-state index >= 15 is 0 Å². The number of halogens is 1. The predicted octanol–water partition coefficient (Wildman–Crippen LogP) is 3.26. The molecule has 0 aliphatic heterocycles. The number of amides is 1. The van der Waals surface area contributed by atoms with Gasteiger partial charge in [0.25, 0.3) is 5.91 Å². The van der Waals surface area contributed by atoms with E-state index in [1.807, 2.05) is 0 Å². The maximum atomic E-state index is 12.1. The molecular weight excluding hydrogens is 314 g/mol. The number of aromatic nitrogens is 1. The molecule has 0 radical (unpaired) electrons. The summed E-state index contributed by atoms with van der Waals surface area (Å²) in [4.78, 5) is 16.0. The molecule has 2 aromatic rings. The zero-order valence-corrected chi connectivity index (χ0v) is 13.8. The Labute approximate surface area is 141 Å². The van der Waals surface area contributed by atoms with Gasteiger partial charge in [0.2, 0.25) is 0 Å². The van der Waals surface area contributed by atoms with Gasteiger partial charge >= 0.3 is 0 Å². The van der Waals surface area contributed by atoms with Crippen molar-refractivity contribution in [1.82, 2.24) is 15.6 Å². The molecule has 1 heterocycles. The number of hydrogen-bond donors (Lipinski definition) is 2. The Morgan fingerprint density at radius 1 is 1.17 bits per heavy atom. The van der Waals surface area contributed by atoms with Crippen LogP contribution in [0.2, 0.25) is 5.02 Å². The van der Waals surface area contributed by atoms with Crippen molar-refractivity contribution >= 4 is 17.5 Å². The number of carbonyl (C=O) groups excluding carboxylic acids is 1. The van der Waals surface area contributed by atoms with Crippen LogP contribution in [0.4, 0.5) is 0 Å². The monoisotopic (exact) mass is 333 g/mol. The molecule has 0 aliphatic carbocycles. The van der Waals surface area contributed by atoms with Crippen molar-refractivity contribution in [3.8, 4) is 11.5 Å². The molecule has 0 unspecified atom stereocenters. The molecule has 1 amide bonds. The molecular formula is C17H20ClN3O2. The third-order valence-corrected chi connectivity index (χ3v) is 3.38. The number of ether oxygens (including phenoxy) is 1. The first-order chi connectivity index (χ1) is 11.2. The molecule has 5 nitrogen and oxygen atoms in total. The van der Waals surface area contributed by atoms with Crippen LogP contribution in [0.1, 0.15) is 23.7 Å². The molecule has 0 bridgehead atoms. The molecule has 2 N–H and O–H groups in total. The minimum atomic E-state index is -0.152. The molecule has 0 spiro atoms. The summed E-state index contributed by atoms with van der Waals surface area (Å²) in [5.74, 6) is 0.987. The van der Waals surface area contributed by atoms with Gasteiger partial charge in [-0.25, -0.2) is 0 Å². The van der Waals surface area contributed by atoms with E-state index in [1.54, 1.807) is 42.7 Å². The van der Waals surface area contributed by atoms with Gasteiger partial charge in [-0.05, 0) is 43.3 Å². The Morgan fingerprint density at radius 2 is 1.96 bits per heavy atom. The summed E-state index contributed by atoms with van der Waals surface area (Å²) in [5, 5.41) is 6.46. The van der Waals surface area contributed by atoms with Gasteiger partial charge in [-0.3, -0.25) is 9.78 Å². The van der Waals surface area contributed by atoms with Gasteiger partial charge in [-0.1, -0.05) is 18.5 Å². The first-order valence-corrected chi connectivity index (χ1v) is 7.95. The van der Waals surface area contributed by atoms with Crippen molar-refractivity contribution in [2.24, 2.45) is 0 Å². The lowest BCUT2D eigenvalue weighted by Crippen LogP contribution is -2.32. The summed E-state index contributed by atoms with van der Waals surface area (Å²) in [6, 6.07) is 8.46. The van der Waals surface area contributed by atoms with Crippen molar-refractivity contribution in [3.63, 3.8) is 0 Å². The maximum Gasteiger partial charge on any atom is 0.251 e. The summed E-state index contributed by atoms with van der Waals surface area (Å²) in [6.07, 6.45) is 4.34. The number of pyridine rings is 1. The van der Waals surface area contributed by atoms with Gasteiger partial charge in [-0.15, -0.1) is 0 Å². The highest BCUT2D eigenvalue weighted by Crippen LogP contribution is 2.29. The van der Waals surface area contributed by atoms with Gasteiger partial charge in [-0.2, -0.15) is 0 Å². The van der Waals surface area contributed by atoms with Crippen LogP contribution < -0.4 is 15.4 Å². The molecule has 1 aromatic heterocycles. The smallest absolute Gasteiger partial charge is 0.251 e. The average Bonchev–Trinajstić information content (AvgIpc) is 2.57. The highest BCUT2D eigenvalue weighted by molar-refractivity contribution is 6.32. The standard InChI is InChI=1S/C17H20ClN3O2/c1-2-7-19-10-11-21-17(22)13-3-4-16(15(18)12-13)23-14-5-8-20-9-6-14/h3-6,8-9,12,19H,2,7,10-11H2,1H3,(H,21,22). The number of nitrogens with one attached hydrogen (secondary N) is 2. The summed E-state index contributed by atoms with van der Waals surface area (Å²) < 4.78 is 5.66. The first kappa shape index (κ1) is 17.2. The highest BCUT2D eigenvalue weighted by Gasteiger charge is 2.09. The van der Waals surface area contributed by atoms with Crippen LogP contribution in [0.25, 0.3) is 0 Å². The van der Waals surface area contributed by atoms with Crippen LogP contribution in [0, 0.1) is 0 Å². The number of hydrogen-bond acceptors (Lipinski definition) is 4. The second kappa shape index (κ2) is 9.12. The van der Waals surface area contributed by atoms with Gasteiger partial charge in [0.15, 0.2) is 0 Å². The Morgan fingerprint density at radius 3 is 2.65 bits per heavy atom. The van der Waals surface area contributed by atoms with E-state index in [0.29, 0.717) is 28.6 Å². The van der Waals surface area contributed by atoms with E-state index in [2.05, 4.69) is 22.5 Å². The third kappa shape index (κ3) is 5.54. The van der Waals surface area contributed by atoms with Crippen LogP contribution in [-0.2, 0) is 0 Å². The summed E-state index contributed by atoms with van der Waals surface area (Å²) in [5.41, 5.74) is 0.507. The van der Waals surface area contributed by atoms with E-state index in [-0.39, 0.29) is 5.91 Å². The molecule has 1 aromatic carbocycles. The number of rotatable bonds is 8. The second-order valence-corrected chi connectivity index (χ2v) is 5.34. The predicted molar refractivity (Wildman–Crippen MR) is 91.3 cm³/mol. The minimum Gasteiger partial charge on any atom is -0.456 e. The van der Waals surface area contributed by atoms with E-state index in [0.717, 1.165) is 19.5 Å². The zero-order chi connectivity index (χ0) is 16.5. The Balaban J connectivity index is 1.92. The number of carbonyl (C=O) groups is 1. The minimum absolute atomic E-state index is 0.152. The summed E-state index contributed by atoms with van der Waals surface area (Å²) >= 11 is 6.19. The van der Waals surface area contributed by atoms with Crippen LogP contribution >= 0.6 is 11.6 Å². The molecule has 0 fully saturated rings. The van der Waals surface area contributed by atoms with E-state index < -0.39 is 0 Å². The fraction of sp³-hybridized carbons (Fsp3) is 0.294. The SMILES string of the molecule is CCCNCCNC(=O)c1ccc(Oc2ccncc2)c(Cl)c1. The molecule has 122 valence electrons. The maximum absolute atomic E-state index is 12.1. The van der Waals surface area contributed by atoms with Gasteiger partial charge in [0.1, 0.15) is 11.5 Å². The Bertz CT molecular complexity index is 635. The van der Waals surface area contributed by atoms with Crippen molar-refractivity contribution in [1.29, 1.82) is 0 Å². The van der Waals surface area contributed by atoms with Gasteiger partial charge in [0.05, 0.1) is 5.02 Å². The average molecular weight is 334 g/mol. The molecule has 0 saturated carbocycles. The quantitative estimate of drug-likeness (QED) is 0.728. The fourth-order valence-corrected chi connectivity index (χ4v) is 2.15. The lowest BCUT2D eigenvalue weighted by Gasteiger charge is -2.10. The topological polar surface area (TPSA) is 63.2 Å². The van der Waals surface area contributed by atoms with Gasteiger partial charge < -0.3 is 15.4 Å². The first-order valence-electron chi connectivity index (χ1n) is 7.57. The lowest BCUT2D eigenvalue weighted by molar-refractivity contribution is 0.0954. The second-order valence-electron chi connectivity index (χ2n) is 4.94. The fourth-order valence-electron chi connectivity index (χ4n) is 1.93. The van der Waals surface area contributed by atoms with Crippen LogP contribution in [0.3, 0.4) is 0 Å². The van der Waals surface area contributed by atoms with Crippen LogP contribution in [-0.4, -0.2) is 30.5 Å². The molecule has 23 heavy (non-hydrogen) atoms. The largest absolute Gasteiger partial charge is 0.456 e. The Kier molecular flexibility index (Phi) is 6.84. The Hall–Kier alpha value is -2.11. The van der Waals surface area contributed by atoms with Crippen molar-refractivity contribution in [2.45, 2.75) is 13.3 Å². The van der Waals surface area contributed by atoms with Crippen molar-refractivity contribution in [3.05, 3.63) is 53.3 Å². The molecule has 0 saturated heterocycles. The third-order valence-electron chi connectivity index (χ3n) is 3.09. The van der Waals surface area contributed by atoms with Crippen LogP contribution in [0.15, 0.2) is 42.7 Å². The number of benzene rings is 1. The van der Waals surface area contributed by atoms with Gasteiger partial charge in [0, 0.05) is 31.0 Å². The summed E-state index contributed by atoms with van der Waals surface area (Å²) in [6.45, 7) is 4.37. The molecule has 2 rings (SSSR count). The van der Waals surface area contributed by atoms with E-state index in [1.165, 1.54) is 0 Å². The van der Waals surface area contributed by atoms with Crippen LogP contribution in [0.5, 0.6) is 11.5 Å². The molecule has 0 atom stereocenters.